The summed E-state index contributed by atoms with van der Waals surface area (Å²) in [4.78, 5) is 13.5. The van der Waals surface area contributed by atoms with Crippen molar-refractivity contribution in [2.45, 2.75) is 13.3 Å². The zero-order valence-electron chi connectivity index (χ0n) is 8.97. The van der Waals surface area contributed by atoms with Gasteiger partial charge in [-0.05, 0) is 6.92 Å². The minimum atomic E-state index is -0.0687. The molecule has 0 bridgehead atoms. The van der Waals surface area contributed by atoms with E-state index in [-0.39, 0.29) is 5.91 Å². The average Bonchev–Trinajstić information content (AvgIpc) is 2.65. The van der Waals surface area contributed by atoms with E-state index in [0.717, 1.165) is 0 Å². The fourth-order valence-corrected chi connectivity index (χ4v) is 1.30. The van der Waals surface area contributed by atoms with Gasteiger partial charge in [0.15, 0.2) is 0 Å². The van der Waals surface area contributed by atoms with Crippen LogP contribution in [0.3, 0.4) is 0 Å². The molecule has 0 saturated heterocycles. The van der Waals surface area contributed by atoms with Crippen molar-refractivity contribution < 1.29 is 4.79 Å². The summed E-state index contributed by atoms with van der Waals surface area (Å²) in [5, 5.41) is 12.4. The largest absolute Gasteiger partial charge is 0.338 e. The molecule has 0 atom stereocenters. The van der Waals surface area contributed by atoms with Crippen LogP contribution in [0.4, 0.5) is 0 Å². The van der Waals surface area contributed by atoms with Gasteiger partial charge in [0.2, 0.25) is 0 Å². The molecule has 0 aromatic carbocycles. The molecule has 1 aromatic rings. The first-order valence-corrected chi connectivity index (χ1v) is 4.84. The Bertz CT molecular complexity index is 377. The number of hydrogen-bond acceptors (Lipinski definition) is 3. The van der Waals surface area contributed by atoms with E-state index in [0.29, 0.717) is 25.1 Å². The van der Waals surface area contributed by atoms with Gasteiger partial charge in [-0.15, -0.1) is 0 Å². The molecule has 1 heterocycles. The lowest BCUT2D eigenvalue weighted by molar-refractivity contribution is 0.0767. The van der Waals surface area contributed by atoms with E-state index in [1.807, 2.05) is 13.0 Å². The number of carbonyl (C=O) groups excluding carboxylic acids is 1. The number of carbonyl (C=O) groups is 1. The van der Waals surface area contributed by atoms with Gasteiger partial charge >= 0.3 is 0 Å². The Morgan fingerprint density at radius 3 is 2.93 bits per heavy atom. The van der Waals surface area contributed by atoms with Crippen LogP contribution < -0.4 is 0 Å². The summed E-state index contributed by atoms with van der Waals surface area (Å²) < 4.78 is 1.59. The Morgan fingerprint density at radius 1 is 1.73 bits per heavy atom. The third kappa shape index (κ3) is 2.81. The first-order chi connectivity index (χ1) is 7.19. The van der Waals surface area contributed by atoms with Crippen LogP contribution in [-0.4, -0.2) is 33.7 Å². The zero-order valence-corrected chi connectivity index (χ0v) is 8.97. The monoisotopic (exact) mass is 206 g/mol. The van der Waals surface area contributed by atoms with Crippen molar-refractivity contribution in [2.24, 2.45) is 7.05 Å². The standard InChI is InChI=1S/C10H14N4O/c1-3-14(6-4-5-11)10(15)9-7-12-13(2)8-9/h7-8H,3-4,6H2,1-2H3. The first-order valence-electron chi connectivity index (χ1n) is 4.84. The minimum absolute atomic E-state index is 0.0687. The summed E-state index contributed by atoms with van der Waals surface area (Å²) in [7, 11) is 1.77. The summed E-state index contributed by atoms with van der Waals surface area (Å²) in [6.45, 7) is 2.97. The van der Waals surface area contributed by atoms with Gasteiger partial charge in [0.05, 0.1) is 24.3 Å². The molecule has 5 heteroatoms. The van der Waals surface area contributed by atoms with Crippen LogP contribution in [0.25, 0.3) is 0 Å². The SMILES string of the molecule is CCN(CCC#N)C(=O)c1cnn(C)c1. The van der Waals surface area contributed by atoms with Gasteiger partial charge in [-0.25, -0.2) is 0 Å². The van der Waals surface area contributed by atoms with Crippen molar-refractivity contribution in [3.8, 4) is 6.07 Å². The third-order valence-electron chi connectivity index (χ3n) is 2.11. The minimum Gasteiger partial charge on any atom is -0.338 e. The van der Waals surface area contributed by atoms with E-state index >= 15 is 0 Å². The Balaban J connectivity index is 2.69. The van der Waals surface area contributed by atoms with E-state index in [9.17, 15) is 4.79 Å². The van der Waals surface area contributed by atoms with Gasteiger partial charge in [0.1, 0.15) is 0 Å². The van der Waals surface area contributed by atoms with Crippen molar-refractivity contribution in [1.29, 1.82) is 5.26 Å². The van der Waals surface area contributed by atoms with Crippen LogP contribution in [0.5, 0.6) is 0 Å². The van der Waals surface area contributed by atoms with Crippen LogP contribution in [0.1, 0.15) is 23.7 Å². The number of nitrogens with zero attached hydrogens (tertiary/aromatic N) is 4. The maximum absolute atomic E-state index is 11.9. The molecule has 0 unspecified atom stereocenters. The fourth-order valence-electron chi connectivity index (χ4n) is 1.30. The number of aromatic nitrogens is 2. The highest BCUT2D eigenvalue weighted by molar-refractivity contribution is 5.93. The van der Waals surface area contributed by atoms with Crippen LogP contribution in [0, 0.1) is 11.3 Å². The molecule has 80 valence electrons. The smallest absolute Gasteiger partial charge is 0.257 e. The number of rotatable bonds is 4. The second-order valence-electron chi connectivity index (χ2n) is 3.20. The van der Waals surface area contributed by atoms with Gasteiger partial charge in [-0.3, -0.25) is 9.48 Å². The molecule has 0 radical (unpaired) electrons. The lowest BCUT2D eigenvalue weighted by Crippen LogP contribution is -2.31. The zero-order chi connectivity index (χ0) is 11.3. The van der Waals surface area contributed by atoms with E-state index in [1.165, 1.54) is 6.20 Å². The van der Waals surface area contributed by atoms with Crippen LogP contribution >= 0.6 is 0 Å². The van der Waals surface area contributed by atoms with Crippen LogP contribution in [0.2, 0.25) is 0 Å². The molecule has 0 aliphatic carbocycles. The third-order valence-corrected chi connectivity index (χ3v) is 2.11. The van der Waals surface area contributed by atoms with Crippen molar-refractivity contribution >= 4 is 5.91 Å². The second-order valence-corrected chi connectivity index (χ2v) is 3.20. The lowest BCUT2D eigenvalue weighted by Gasteiger charge is -2.18. The van der Waals surface area contributed by atoms with Gasteiger partial charge in [0, 0.05) is 26.3 Å². The Hall–Kier alpha value is -1.83. The lowest BCUT2D eigenvalue weighted by atomic mass is 10.3. The highest BCUT2D eigenvalue weighted by Gasteiger charge is 2.14. The van der Waals surface area contributed by atoms with E-state index in [2.05, 4.69) is 5.10 Å². The van der Waals surface area contributed by atoms with E-state index in [1.54, 1.807) is 22.8 Å². The molecule has 0 N–H and O–H groups in total. The van der Waals surface area contributed by atoms with Crippen molar-refractivity contribution in [3.05, 3.63) is 18.0 Å². The number of aryl methyl sites for hydroxylation is 1. The molecule has 0 spiro atoms. The molecular weight excluding hydrogens is 192 g/mol. The predicted octanol–water partition coefficient (Wildman–Crippen LogP) is 0.796. The Kier molecular flexibility index (Phi) is 3.86. The van der Waals surface area contributed by atoms with Crippen LogP contribution in [0.15, 0.2) is 12.4 Å². The molecule has 0 aliphatic rings. The van der Waals surface area contributed by atoms with Crippen LogP contribution in [-0.2, 0) is 7.05 Å². The quantitative estimate of drug-likeness (QED) is 0.731. The van der Waals surface area contributed by atoms with Gasteiger partial charge in [0.25, 0.3) is 5.91 Å². The fraction of sp³-hybridized carbons (Fsp3) is 0.500. The normalized spacial score (nSPS) is 9.67. The number of nitriles is 1. The molecule has 5 nitrogen and oxygen atoms in total. The summed E-state index contributed by atoms with van der Waals surface area (Å²) in [5.41, 5.74) is 0.567. The molecule has 0 saturated carbocycles. The summed E-state index contributed by atoms with van der Waals surface area (Å²) in [5.74, 6) is -0.0687. The Morgan fingerprint density at radius 2 is 2.47 bits per heavy atom. The maximum Gasteiger partial charge on any atom is 0.257 e. The van der Waals surface area contributed by atoms with Gasteiger partial charge in [-0.2, -0.15) is 10.4 Å². The number of hydrogen-bond donors (Lipinski definition) is 0. The number of amides is 1. The summed E-state index contributed by atoms with van der Waals surface area (Å²) in [6.07, 6.45) is 3.58. The highest BCUT2D eigenvalue weighted by atomic mass is 16.2. The summed E-state index contributed by atoms with van der Waals surface area (Å²) >= 11 is 0. The van der Waals surface area contributed by atoms with Gasteiger partial charge in [-0.1, -0.05) is 0 Å². The van der Waals surface area contributed by atoms with Crippen molar-refractivity contribution in [3.63, 3.8) is 0 Å². The molecule has 15 heavy (non-hydrogen) atoms. The van der Waals surface area contributed by atoms with E-state index in [4.69, 9.17) is 5.26 Å². The second kappa shape index (κ2) is 5.15. The highest BCUT2D eigenvalue weighted by Crippen LogP contribution is 2.03. The van der Waals surface area contributed by atoms with Crippen molar-refractivity contribution in [2.75, 3.05) is 13.1 Å². The molecule has 0 aliphatic heterocycles. The van der Waals surface area contributed by atoms with Gasteiger partial charge < -0.3 is 4.90 Å². The molecule has 1 rings (SSSR count). The average molecular weight is 206 g/mol. The Labute approximate surface area is 88.9 Å². The molecule has 0 fully saturated rings. The maximum atomic E-state index is 11.9. The van der Waals surface area contributed by atoms with E-state index < -0.39 is 0 Å². The topological polar surface area (TPSA) is 61.9 Å². The first kappa shape index (κ1) is 11.2. The summed E-state index contributed by atoms with van der Waals surface area (Å²) in [6, 6.07) is 2.03. The predicted molar refractivity (Wildman–Crippen MR) is 55.0 cm³/mol. The molecular formula is C10H14N4O. The molecule has 1 amide bonds. The molecule has 1 aromatic heterocycles. The van der Waals surface area contributed by atoms with Crippen molar-refractivity contribution in [1.82, 2.24) is 14.7 Å².